The summed E-state index contributed by atoms with van der Waals surface area (Å²) < 4.78 is 41.8. The number of imidazole rings is 3. The number of methoxy groups -OCH3 is 2. The smallest absolute Gasteiger partial charge is 0.309 e. The van der Waals surface area contributed by atoms with Crippen LogP contribution >= 0.6 is 0 Å². The van der Waals surface area contributed by atoms with Gasteiger partial charge in [-0.15, -0.1) is 0 Å². The minimum Gasteiger partial charge on any atom is -0.463 e. The van der Waals surface area contributed by atoms with Gasteiger partial charge in [0.25, 0.3) is 0 Å². The van der Waals surface area contributed by atoms with Crippen molar-refractivity contribution in [2.75, 3.05) is 67.1 Å². The Morgan fingerprint density at radius 2 is 1.10 bits per heavy atom. The van der Waals surface area contributed by atoms with Crippen molar-refractivity contribution in [2.24, 2.45) is 25.9 Å². The molecule has 0 aliphatic heterocycles. The van der Waals surface area contributed by atoms with Crippen LogP contribution in [0, 0.1) is 11.8 Å². The molecule has 0 radical (unpaired) electrons. The predicted octanol–water partition coefficient (Wildman–Crippen LogP) is 4.21. The van der Waals surface area contributed by atoms with Crippen LogP contribution in [-0.4, -0.2) is 97.7 Å². The molecule has 294 valence electrons. The zero-order chi connectivity index (χ0) is 38.1. The van der Waals surface area contributed by atoms with Crippen molar-refractivity contribution in [2.45, 2.75) is 84.3 Å². The molecule has 14 nitrogen and oxygen atoms in total. The summed E-state index contributed by atoms with van der Waals surface area (Å²) >= 11 is 0. The number of ether oxygens (including phenoxy) is 6. The van der Waals surface area contributed by atoms with Crippen molar-refractivity contribution in [3.63, 3.8) is 0 Å². The highest BCUT2D eigenvalue weighted by Crippen LogP contribution is 2.30. The van der Waals surface area contributed by atoms with Crippen LogP contribution in [0.1, 0.15) is 84.3 Å². The molecule has 14 heteroatoms. The molecule has 5 unspecified atom stereocenters. The number of esters is 2. The van der Waals surface area contributed by atoms with Gasteiger partial charge in [0.05, 0.1) is 71.9 Å². The van der Waals surface area contributed by atoms with Gasteiger partial charge in [0.1, 0.15) is 50.1 Å². The maximum absolute atomic E-state index is 13.0. The van der Waals surface area contributed by atoms with Gasteiger partial charge >= 0.3 is 11.9 Å². The molecule has 0 aliphatic rings. The van der Waals surface area contributed by atoms with Crippen molar-refractivity contribution >= 4 is 11.9 Å². The van der Waals surface area contributed by atoms with Crippen molar-refractivity contribution in [3.05, 3.63) is 56.2 Å². The summed E-state index contributed by atoms with van der Waals surface area (Å²) in [4.78, 5) is 29.2. The second kappa shape index (κ2) is 26.2. The van der Waals surface area contributed by atoms with Gasteiger partial charge in [-0.2, -0.15) is 0 Å². The maximum Gasteiger partial charge on any atom is 0.309 e. The molecule has 0 amide bonds. The monoisotopic (exact) mass is 734 g/mol. The molecule has 5 atom stereocenters. The number of carbonyl (C=O) groups excluding carboxylic acids is 2. The standard InChI is InChI=1S/C22H37N4O4.C16H29N2O4/c1-5-20(25-8-7-23-17-25)15-19(22(27)30-14-13-29-12-11-28-4)16-21(6-2)26-10-9-24(3)18-26;1-5-15(18-7-6-17(3)13-18)12-14(2)16(19)22-11-10-21-9-8-20-4/h7-10,17-21H,5-6,11-16H2,1-4H3;6-7,13-15H,5,8-12H2,1-4H3/q2*+1. The molecule has 0 bridgehead atoms. The molecule has 3 heterocycles. The predicted molar refractivity (Wildman–Crippen MR) is 195 cm³/mol. The third-order valence-electron chi connectivity index (χ3n) is 9.06. The highest BCUT2D eigenvalue weighted by atomic mass is 16.6. The van der Waals surface area contributed by atoms with Crippen molar-refractivity contribution in [1.82, 2.24) is 18.7 Å². The van der Waals surface area contributed by atoms with E-state index in [4.69, 9.17) is 28.4 Å². The molecule has 0 fully saturated rings. The van der Waals surface area contributed by atoms with Gasteiger partial charge in [-0.05, 0) is 25.7 Å². The summed E-state index contributed by atoms with van der Waals surface area (Å²) in [6, 6.07) is 0.755. The molecule has 0 aromatic carbocycles. The van der Waals surface area contributed by atoms with Crippen LogP contribution in [0.2, 0.25) is 0 Å². The highest BCUT2D eigenvalue weighted by molar-refractivity contribution is 5.72. The molecule has 52 heavy (non-hydrogen) atoms. The number of hydrogen-bond acceptors (Lipinski definition) is 9. The van der Waals surface area contributed by atoms with Crippen LogP contribution < -0.4 is 9.13 Å². The van der Waals surface area contributed by atoms with Crippen LogP contribution in [0.3, 0.4) is 0 Å². The normalized spacial score (nSPS) is 14.2. The second-order valence-electron chi connectivity index (χ2n) is 13.1. The first kappa shape index (κ1) is 44.6. The molecule has 3 aromatic heterocycles. The Balaban J connectivity index is 0.000000378. The Bertz CT molecular complexity index is 1350. The van der Waals surface area contributed by atoms with E-state index in [0.717, 1.165) is 38.5 Å². The van der Waals surface area contributed by atoms with Crippen LogP contribution in [0.15, 0.2) is 56.2 Å². The molecule has 3 aromatic rings. The first-order chi connectivity index (χ1) is 25.2. The first-order valence-corrected chi connectivity index (χ1v) is 18.7. The van der Waals surface area contributed by atoms with E-state index in [9.17, 15) is 9.59 Å². The first-order valence-electron chi connectivity index (χ1n) is 18.7. The number of aromatic nitrogens is 6. The van der Waals surface area contributed by atoms with Crippen LogP contribution in [-0.2, 0) is 52.1 Å². The van der Waals surface area contributed by atoms with E-state index in [2.05, 4.69) is 52.0 Å². The van der Waals surface area contributed by atoms with Gasteiger partial charge in [-0.1, -0.05) is 27.7 Å². The van der Waals surface area contributed by atoms with E-state index in [0.29, 0.717) is 52.3 Å². The molecule has 0 saturated carbocycles. The minimum atomic E-state index is -0.200. The van der Waals surface area contributed by atoms with Gasteiger partial charge in [-0.25, -0.2) is 23.3 Å². The van der Waals surface area contributed by atoms with Crippen LogP contribution in [0.5, 0.6) is 0 Å². The van der Waals surface area contributed by atoms with E-state index < -0.39 is 0 Å². The third-order valence-corrected chi connectivity index (χ3v) is 9.06. The molecule has 0 aliphatic carbocycles. The summed E-state index contributed by atoms with van der Waals surface area (Å²) in [5, 5.41) is 0. The van der Waals surface area contributed by atoms with Crippen LogP contribution in [0.4, 0.5) is 0 Å². The van der Waals surface area contributed by atoms with Gasteiger partial charge in [0, 0.05) is 45.5 Å². The molecular weight excluding hydrogens is 668 g/mol. The number of carbonyl (C=O) groups is 2. The zero-order valence-electron chi connectivity index (χ0n) is 32.9. The van der Waals surface area contributed by atoms with Crippen molar-refractivity contribution in [1.29, 1.82) is 0 Å². The lowest BCUT2D eigenvalue weighted by atomic mass is 9.90. The van der Waals surface area contributed by atoms with E-state index in [1.54, 1.807) is 20.4 Å². The Kier molecular flexibility index (Phi) is 22.5. The minimum absolute atomic E-state index is 0.128. The van der Waals surface area contributed by atoms with E-state index >= 15 is 0 Å². The van der Waals surface area contributed by atoms with Gasteiger partial charge in [0.2, 0.25) is 12.7 Å². The molecule has 0 spiro atoms. The summed E-state index contributed by atoms with van der Waals surface area (Å²) in [6.45, 7) is 11.8. The molecule has 3 rings (SSSR count). The van der Waals surface area contributed by atoms with E-state index in [1.807, 2.05) is 67.6 Å². The summed E-state index contributed by atoms with van der Waals surface area (Å²) in [5.74, 6) is -0.644. The lowest BCUT2D eigenvalue weighted by molar-refractivity contribution is -0.671. The Morgan fingerprint density at radius 1 is 0.635 bits per heavy atom. The number of hydrogen-bond donors (Lipinski definition) is 0. The lowest BCUT2D eigenvalue weighted by Gasteiger charge is -2.25. The lowest BCUT2D eigenvalue weighted by Crippen LogP contribution is -2.28. The molecule has 0 N–H and O–H groups in total. The van der Waals surface area contributed by atoms with Crippen molar-refractivity contribution in [3.8, 4) is 0 Å². The fourth-order valence-corrected chi connectivity index (χ4v) is 5.95. The fourth-order valence-electron chi connectivity index (χ4n) is 5.95. The van der Waals surface area contributed by atoms with Crippen molar-refractivity contribution < 1.29 is 47.1 Å². The number of rotatable bonds is 26. The van der Waals surface area contributed by atoms with Crippen LogP contribution in [0.25, 0.3) is 0 Å². The fraction of sp³-hybridized carbons (Fsp3) is 0.711. The Hall–Kier alpha value is -3.59. The largest absolute Gasteiger partial charge is 0.463 e. The van der Waals surface area contributed by atoms with Gasteiger partial charge < -0.3 is 33.0 Å². The van der Waals surface area contributed by atoms with E-state index in [-0.39, 0.29) is 42.5 Å². The highest BCUT2D eigenvalue weighted by Gasteiger charge is 2.30. The van der Waals surface area contributed by atoms with Gasteiger partial charge in [0.15, 0.2) is 0 Å². The number of aryl methyl sites for hydroxylation is 2. The summed E-state index contributed by atoms with van der Waals surface area (Å²) in [5.41, 5.74) is 0. The maximum atomic E-state index is 13.0. The molecular formula is C38H66N6O8+2. The summed E-state index contributed by atoms with van der Waals surface area (Å²) in [6.07, 6.45) is 22.9. The Morgan fingerprint density at radius 3 is 1.52 bits per heavy atom. The average molecular weight is 735 g/mol. The third kappa shape index (κ3) is 16.8. The summed E-state index contributed by atoms with van der Waals surface area (Å²) in [7, 11) is 7.25. The quantitative estimate of drug-likeness (QED) is 0.0678. The topological polar surface area (TPSA) is 125 Å². The molecule has 0 saturated heterocycles. The Labute approximate surface area is 310 Å². The van der Waals surface area contributed by atoms with E-state index in [1.165, 1.54) is 0 Å². The van der Waals surface area contributed by atoms with Gasteiger partial charge in [-0.3, -0.25) is 9.59 Å². The average Bonchev–Trinajstić information content (AvgIpc) is 3.94. The SMILES string of the molecule is CCC(CC(C)C(=O)OCCOCCOC)n1cc[n+](C)c1.CCC(CC(CC(CC)n1cc[n+](C)c1)C(=O)OCCOCCOC)n1ccnc1. The zero-order valence-corrected chi connectivity index (χ0v) is 32.9. The number of nitrogens with zero attached hydrogens (tertiary/aromatic N) is 6. The second-order valence-corrected chi connectivity index (χ2v) is 13.1.